The first-order valence-corrected chi connectivity index (χ1v) is 9.55. The molecule has 2 nitrogen and oxygen atoms in total. The molecular weight excluding hydrogens is 294 g/mol. The fourth-order valence-corrected chi connectivity index (χ4v) is 4.38. The molecule has 1 saturated carbocycles. The molecule has 1 N–H and O–H groups in total. The number of hydrogen-bond acceptors (Lipinski definition) is 2. The fraction of sp³-hybridized carbons (Fsp3) is 0.727. The van der Waals surface area contributed by atoms with Gasteiger partial charge in [-0.15, -0.1) is 0 Å². The van der Waals surface area contributed by atoms with Gasteiger partial charge in [0.05, 0.1) is 5.69 Å². The van der Waals surface area contributed by atoms with E-state index in [1.807, 2.05) is 0 Å². The third kappa shape index (κ3) is 3.73. The van der Waals surface area contributed by atoms with E-state index in [2.05, 4.69) is 66.5 Å². The Balaban J connectivity index is 2.62. The monoisotopic (exact) mass is 331 g/mol. The second kappa shape index (κ2) is 6.61. The quantitative estimate of drug-likeness (QED) is 0.711. The van der Waals surface area contributed by atoms with E-state index >= 15 is 0 Å². The Morgan fingerprint density at radius 1 is 0.958 bits per heavy atom. The van der Waals surface area contributed by atoms with Crippen LogP contribution in [0, 0.1) is 6.92 Å². The van der Waals surface area contributed by atoms with Gasteiger partial charge in [-0.25, -0.2) is 0 Å². The average Bonchev–Trinajstić information content (AvgIpc) is 2.45. The molecule has 136 valence electrons. The van der Waals surface area contributed by atoms with E-state index in [1.165, 1.54) is 43.2 Å². The molecule has 0 heterocycles. The topological polar surface area (TPSA) is 23.5 Å². The minimum atomic E-state index is -0.0718. The molecular formula is C22H37NO. The van der Waals surface area contributed by atoms with Crippen LogP contribution in [0.3, 0.4) is 0 Å². The zero-order valence-corrected chi connectivity index (χ0v) is 17.1. The standard InChI is InChI=1S/C22H37NO/c1-15-17(21(2,3)4)14-18(20(24)19(15)22(5,6)7)23(8)16-12-10-9-11-13-16/h14,16,24H,9-13H2,1-8H3. The first-order valence-electron chi connectivity index (χ1n) is 9.55. The van der Waals surface area contributed by atoms with E-state index in [0.717, 1.165) is 11.3 Å². The van der Waals surface area contributed by atoms with Crippen molar-refractivity contribution in [3.8, 4) is 5.75 Å². The van der Waals surface area contributed by atoms with Crippen LogP contribution in [0.4, 0.5) is 5.69 Å². The Hall–Kier alpha value is -1.18. The average molecular weight is 332 g/mol. The second-order valence-electron chi connectivity index (χ2n) is 9.69. The van der Waals surface area contributed by atoms with Gasteiger partial charge in [0.15, 0.2) is 0 Å². The highest BCUT2D eigenvalue weighted by molar-refractivity contribution is 5.68. The molecule has 0 atom stereocenters. The van der Waals surface area contributed by atoms with Crippen molar-refractivity contribution >= 4 is 5.69 Å². The summed E-state index contributed by atoms with van der Waals surface area (Å²) in [6, 6.07) is 2.79. The second-order valence-corrected chi connectivity index (χ2v) is 9.69. The largest absolute Gasteiger partial charge is 0.505 e. The normalized spacial score (nSPS) is 17.2. The van der Waals surface area contributed by atoms with Gasteiger partial charge in [-0.1, -0.05) is 60.8 Å². The minimum Gasteiger partial charge on any atom is -0.505 e. The molecule has 2 rings (SSSR count). The molecule has 1 aromatic rings. The Kier molecular flexibility index (Phi) is 5.28. The summed E-state index contributed by atoms with van der Waals surface area (Å²) >= 11 is 0. The number of phenolic OH excluding ortho intramolecular Hbond substituents is 1. The summed E-state index contributed by atoms with van der Waals surface area (Å²) in [5.74, 6) is 0.487. The van der Waals surface area contributed by atoms with E-state index in [4.69, 9.17) is 0 Å². The van der Waals surface area contributed by atoms with Crippen LogP contribution in [0.2, 0.25) is 0 Å². The molecule has 0 saturated heterocycles. The summed E-state index contributed by atoms with van der Waals surface area (Å²) in [5, 5.41) is 11.2. The van der Waals surface area contributed by atoms with Crippen LogP contribution in [-0.2, 0) is 10.8 Å². The Morgan fingerprint density at radius 3 is 1.96 bits per heavy atom. The number of benzene rings is 1. The minimum absolute atomic E-state index is 0.0694. The highest BCUT2D eigenvalue weighted by Crippen LogP contribution is 2.45. The first kappa shape index (κ1) is 19.1. The molecule has 1 aromatic carbocycles. The van der Waals surface area contributed by atoms with Crippen molar-refractivity contribution in [3.63, 3.8) is 0 Å². The van der Waals surface area contributed by atoms with Crippen LogP contribution < -0.4 is 4.90 Å². The zero-order chi connectivity index (χ0) is 18.3. The van der Waals surface area contributed by atoms with Crippen molar-refractivity contribution in [1.29, 1.82) is 0 Å². The van der Waals surface area contributed by atoms with E-state index in [-0.39, 0.29) is 10.8 Å². The number of hydrogen-bond donors (Lipinski definition) is 1. The third-order valence-electron chi connectivity index (χ3n) is 5.60. The number of aromatic hydroxyl groups is 1. The van der Waals surface area contributed by atoms with Gasteiger partial charge in [0.25, 0.3) is 0 Å². The van der Waals surface area contributed by atoms with Crippen molar-refractivity contribution in [1.82, 2.24) is 0 Å². The molecule has 0 spiro atoms. The van der Waals surface area contributed by atoms with Crippen LogP contribution in [0.5, 0.6) is 5.75 Å². The van der Waals surface area contributed by atoms with Gasteiger partial charge in [0.1, 0.15) is 5.75 Å². The van der Waals surface area contributed by atoms with Gasteiger partial charge < -0.3 is 10.0 Å². The highest BCUT2D eigenvalue weighted by atomic mass is 16.3. The van der Waals surface area contributed by atoms with Gasteiger partial charge in [0, 0.05) is 18.7 Å². The van der Waals surface area contributed by atoms with Crippen molar-refractivity contribution in [2.24, 2.45) is 0 Å². The van der Waals surface area contributed by atoms with Gasteiger partial charge in [0.2, 0.25) is 0 Å². The number of rotatable bonds is 2. The van der Waals surface area contributed by atoms with Gasteiger partial charge in [-0.3, -0.25) is 0 Å². The lowest BCUT2D eigenvalue weighted by Gasteiger charge is -2.37. The Morgan fingerprint density at radius 2 is 1.50 bits per heavy atom. The van der Waals surface area contributed by atoms with Crippen LogP contribution in [0.15, 0.2) is 6.07 Å². The molecule has 2 heteroatoms. The third-order valence-corrected chi connectivity index (χ3v) is 5.60. The van der Waals surface area contributed by atoms with Crippen molar-refractivity contribution in [3.05, 3.63) is 22.8 Å². The molecule has 0 unspecified atom stereocenters. The van der Waals surface area contributed by atoms with Gasteiger partial charge in [-0.05, 0) is 47.8 Å². The molecule has 1 aliphatic carbocycles. The number of phenols is 1. The molecule has 0 aliphatic heterocycles. The summed E-state index contributed by atoms with van der Waals surface area (Å²) in [6.45, 7) is 15.6. The first-order chi connectivity index (χ1) is 10.9. The summed E-state index contributed by atoms with van der Waals surface area (Å²) in [5.41, 5.74) is 4.71. The Bertz CT molecular complexity index is 583. The predicted molar refractivity (Wildman–Crippen MR) is 106 cm³/mol. The number of nitrogens with zero attached hydrogens (tertiary/aromatic N) is 1. The molecule has 0 bridgehead atoms. The predicted octanol–water partition coefficient (Wildman–Crippen LogP) is 6.06. The fourth-order valence-electron chi connectivity index (χ4n) is 4.38. The van der Waals surface area contributed by atoms with Gasteiger partial charge in [-0.2, -0.15) is 0 Å². The smallest absolute Gasteiger partial charge is 0.142 e. The SMILES string of the molecule is Cc1c(C(C)(C)C)cc(N(C)C2CCCCC2)c(O)c1C(C)(C)C. The zero-order valence-electron chi connectivity index (χ0n) is 17.1. The number of anilines is 1. The molecule has 0 aromatic heterocycles. The molecule has 1 fully saturated rings. The van der Waals surface area contributed by atoms with Crippen LogP contribution >= 0.6 is 0 Å². The molecule has 1 aliphatic rings. The lowest BCUT2D eigenvalue weighted by atomic mass is 9.75. The van der Waals surface area contributed by atoms with E-state index in [1.54, 1.807) is 0 Å². The summed E-state index contributed by atoms with van der Waals surface area (Å²) in [6.07, 6.45) is 6.43. The molecule has 0 radical (unpaired) electrons. The van der Waals surface area contributed by atoms with Crippen LogP contribution in [0.1, 0.15) is 90.3 Å². The summed E-state index contributed by atoms with van der Waals surface area (Å²) in [7, 11) is 2.17. The Labute approximate surface area is 149 Å². The van der Waals surface area contributed by atoms with Crippen molar-refractivity contribution < 1.29 is 5.11 Å². The van der Waals surface area contributed by atoms with E-state index < -0.39 is 0 Å². The molecule has 0 amide bonds. The van der Waals surface area contributed by atoms with E-state index in [0.29, 0.717) is 11.8 Å². The van der Waals surface area contributed by atoms with Crippen LogP contribution in [-0.4, -0.2) is 18.2 Å². The lowest BCUT2D eigenvalue weighted by molar-refractivity contribution is 0.413. The van der Waals surface area contributed by atoms with Crippen molar-refractivity contribution in [2.75, 3.05) is 11.9 Å². The van der Waals surface area contributed by atoms with E-state index in [9.17, 15) is 5.11 Å². The maximum Gasteiger partial charge on any atom is 0.142 e. The maximum absolute atomic E-state index is 11.2. The van der Waals surface area contributed by atoms with Crippen molar-refractivity contribution in [2.45, 2.75) is 97.4 Å². The maximum atomic E-state index is 11.2. The summed E-state index contributed by atoms with van der Waals surface area (Å²) < 4.78 is 0. The van der Waals surface area contributed by atoms with Gasteiger partial charge >= 0.3 is 0 Å². The lowest BCUT2D eigenvalue weighted by Crippen LogP contribution is -2.34. The molecule has 24 heavy (non-hydrogen) atoms. The van der Waals surface area contributed by atoms with Crippen LogP contribution in [0.25, 0.3) is 0 Å². The summed E-state index contributed by atoms with van der Waals surface area (Å²) in [4.78, 5) is 2.35. The highest BCUT2D eigenvalue weighted by Gasteiger charge is 2.31.